The maximum Gasteiger partial charge on any atom is 0.154 e. The third-order valence-electron chi connectivity index (χ3n) is 9.79. The van der Waals surface area contributed by atoms with Gasteiger partial charge in [0.1, 0.15) is 24.3 Å². The van der Waals surface area contributed by atoms with Crippen LogP contribution in [0.25, 0.3) is 38.8 Å². The standard InChI is InChI=1S/C47H29FN7.Pt/c48-35-14-10-12-32(26-35)46(47-51-29-49-30-52-47)45(34-23-24-39-38-18-4-5-19-40(38)55(43(39)28-34)44-22-8-9-25-50-44)33-13-11-17-37(27-33)54-31-53(36-15-2-1-3-16-36)41-20-6-7-21-42(41)54;/h1-26,29-31H;/q-3;/b46-45-;. The molecule has 1 aliphatic heterocycles. The summed E-state index contributed by atoms with van der Waals surface area (Å²) in [4.78, 5) is 22.4. The van der Waals surface area contributed by atoms with E-state index in [9.17, 15) is 0 Å². The van der Waals surface area contributed by atoms with E-state index in [0.29, 0.717) is 17.0 Å². The largest absolute Gasteiger partial charge is 0.488 e. The zero-order chi connectivity index (χ0) is 36.7. The molecule has 0 radical (unpaired) electrons. The summed E-state index contributed by atoms with van der Waals surface area (Å²) in [7, 11) is 0. The summed E-state index contributed by atoms with van der Waals surface area (Å²) < 4.78 is 17.3. The monoisotopic (exact) mass is 905 g/mol. The third kappa shape index (κ3) is 6.14. The molecular weight excluding hydrogens is 877 g/mol. The predicted octanol–water partition coefficient (Wildman–Crippen LogP) is 10.5. The fourth-order valence-corrected chi connectivity index (χ4v) is 7.42. The normalized spacial score (nSPS) is 12.7. The number of hydrogen-bond donors (Lipinski definition) is 0. The first kappa shape index (κ1) is 35.0. The Morgan fingerprint density at radius 2 is 1.32 bits per heavy atom. The Kier molecular flexibility index (Phi) is 9.25. The molecule has 272 valence electrons. The predicted molar refractivity (Wildman–Crippen MR) is 215 cm³/mol. The molecule has 0 bridgehead atoms. The number of halogens is 1. The molecule has 0 unspecified atom stereocenters. The Morgan fingerprint density at radius 1 is 0.589 bits per heavy atom. The molecule has 0 spiro atoms. The van der Waals surface area contributed by atoms with Crippen LogP contribution in [0.3, 0.4) is 0 Å². The van der Waals surface area contributed by atoms with Crippen molar-refractivity contribution < 1.29 is 25.5 Å². The quantitative estimate of drug-likeness (QED) is 0.117. The molecule has 0 saturated heterocycles. The first-order valence-corrected chi connectivity index (χ1v) is 17.8. The van der Waals surface area contributed by atoms with Crippen LogP contribution in [0.5, 0.6) is 0 Å². The van der Waals surface area contributed by atoms with E-state index in [1.165, 1.54) is 24.8 Å². The molecule has 56 heavy (non-hydrogen) atoms. The van der Waals surface area contributed by atoms with Crippen LogP contribution in [0.15, 0.2) is 171 Å². The minimum Gasteiger partial charge on any atom is -0.488 e. The van der Waals surface area contributed by atoms with Crippen LogP contribution in [0, 0.1) is 24.6 Å². The number of pyridine rings is 1. The van der Waals surface area contributed by atoms with Crippen molar-refractivity contribution in [3.63, 3.8) is 0 Å². The molecule has 7 nitrogen and oxygen atoms in total. The molecule has 9 aromatic rings. The number of aromatic nitrogens is 5. The fraction of sp³-hybridized carbons (Fsp3) is 0. The van der Waals surface area contributed by atoms with Gasteiger partial charge in [0.2, 0.25) is 0 Å². The van der Waals surface area contributed by atoms with Crippen molar-refractivity contribution >= 4 is 55.7 Å². The fourth-order valence-electron chi connectivity index (χ4n) is 7.42. The van der Waals surface area contributed by atoms with Crippen LogP contribution in [-0.4, -0.2) is 24.5 Å². The van der Waals surface area contributed by atoms with Crippen LogP contribution in [0.1, 0.15) is 22.5 Å². The molecule has 0 fully saturated rings. The van der Waals surface area contributed by atoms with E-state index in [0.717, 1.165) is 67.1 Å². The number of fused-ring (bicyclic) bond motifs is 4. The van der Waals surface area contributed by atoms with Crippen molar-refractivity contribution in [1.29, 1.82) is 0 Å². The first-order chi connectivity index (χ1) is 27.2. The van der Waals surface area contributed by atoms with Gasteiger partial charge in [0.25, 0.3) is 0 Å². The molecule has 3 aromatic heterocycles. The van der Waals surface area contributed by atoms with Gasteiger partial charge in [-0.25, -0.2) is 24.3 Å². The van der Waals surface area contributed by atoms with Crippen molar-refractivity contribution in [2.24, 2.45) is 0 Å². The van der Waals surface area contributed by atoms with Gasteiger partial charge in [-0.1, -0.05) is 83.4 Å². The van der Waals surface area contributed by atoms with Crippen LogP contribution in [0.4, 0.5) is 27.1 Å². The maximum atomic E-state index is 15.1. The topological polar surface area (TPSA) is 63.0 Å². The summed E-state index contributed by atoms with van der Waals surface area (Å²) in [5.74, 6) is 0.789. The van der Waals surface area contributed by atoms with Gasteiger partial charge in [-0.05, 0) is 76.6 Å². The van der Waals surface area contributed by atoms with Gasteiger partial charge in [-0.3, -0.25) is 0 Å². The molecule has 0 saturated carbocycles. The second kappa shape index (κ2) is 14.8. The second-order valence-electron chi connectivity index (χ2n) is 13.0. The minimum atomic E-state index is -0.375. The summed E-state index contributed by atoms with van der Waals surface area (Å²) in [5, 5.41) is 2.11. The molecule has 0 N–H and O–H groups in total. The van der Waals surface area contributed by atoms with Gasteiger partial charge in [-0.15, -0.1) is 60.3 Å². The number of anilines is 4. The second-order valence-corrected chi connectivity index (χ2v) is 13.0. The molecule has 0 amide bonds. The SMILES string of the molecule is Fc1cccc(/C(=C(\c2[c-]c(N3[CH-]N(c4ccccc4)c4ccccc43)ccc2)c2[c-]c3c(cc2)c2ccccc2n3-c2ccccn2)c2ncncn2)c1.[Pt]. The number of para-hydroxylation sites is 4. The van der Waals surface area contributed by atoms with Gasteiger partial charge in [0, 0.05) is 49.8 Å². The first-order valence-electron chi connectivity index (χ1n) is 17.8. The van der Waals surface area contributed by atoms with E-state index >= 15 is 4.39 Å². The summed E-state index contributed by atoms with van der Waals surface area (Å²) in [6.07, 6.45) is 4.71. The van der Waals surface area contributed by atoms with E-state index in [-0.39, 0.29) is 26.9 Å². The van der Waals surface area contributed by atoms with Gasteiger partial charge in [0.05, 0.1) is 0 Å². The summed E-state index contributed by atoms with van der Waals surface area (Å²) in [5.41, 5.74) is 9.23. The summed E-state index contributed by atoms with van der Waals surface area (Å²) in [6.45, 7) is 2.09. The average molecular weight is 906 g/mol. The molecule has 4 heterocycles. The van der Waals surface area contributed by atoms with Gasteiger partial charge >= 0.3 is 0 Å². The Morgan fingerprint density at radius 3 is 2.12 bits per heavy atom. The van der Waals surface area contributed by atoms with Crippen LogP contribution in [-0.2, 0) is 21.1 Å². The third-order valence-corrected chi connectivity index (χ3v) is 9.79. The molecule has 6 aromatic carbocycles. The van der Waals surface area contributed by atoms with E-state index in [2.05, 4.69) is 96.7 Å². The maximum absolute atomic E-state index is 15.1. The van der Waals surface area contributed by atoms with Crippen molar-refractivity contribution in [2.75, 3.05) is 9.80 Å². The molecule has 0 aliphatic carbocycles. The molecule has 0 atom stereocenters. The van der Waals surface area contributed by atoms with Crippen molar-refractivity contribution in [1.82, 2.24) is 24.5 Å². The number of rotatable bonds is 7. The van der Waals surface area contributed by atoms with Crippen LogP contribution in [0.2, 0.25) is 0 Å². The number of nitrogens with zero attached hydrogens (tertiary/aromatic N) is 7. The zero-order valence-corrected chi connectivity index (χ0v) is 31.8. The average Bonchev–Trinajstić information content (AvgIpc) is 3.80. The molecular formula is C47H29FN7Pt-3. The van der Waals surface area contributed by atoms with E-state index in [1.807, 2.05) is 84.9 Å². The van der Waals surface area contributed by atoms with Crippen molar-refractivity contribution in [2.45, 2.75) is 0 Å². The van der Waals surface area contributed by atoms with Gasteiger partial charge in [0.15, 0.2) is 5.82 Å². The Labute approximate surface area is 337 Å². The molecule has 1 aliphatic rings. The zero-order valence-electron chi connectivity index (χ0n) is 29.6. The van der Waals surface area contributed by atoms with Gasteiger partial charge < -0.3 is 14.4 Å². The minimum absolute atomic E-state index is 0. The van der Waals surface area contributed by atoms with Crippen molar-refractivity contribution in [3.05, 3.63) is 218 Å². The smallest absolute Gasteiger partial charge is 0.154 e. The molecule has 9 heteroatoms. The number of hydrogen-bond acceptors (Lipinski definition) is 6. The Balaban J connectivity index is 0.00000410. The van der Waals surface area contributed by atoms with E-state index < -0.39 is 0 Å². The Bertz CT molecular complexity index is 2880. The summed E-state index contributed by atoms with van der Waals surface area (Å²) >= 11 is 0. The molecule has 10 rings (SSSR count). The van der Waals surface area contributed by atoms with Crippen LogP contribution >= 0.6 is 0 Å². The van der Waals surface area contributed by atoms with Gasteiger partial charge in [-0.2, -0.15) is 0 Å². The van der Waals surface area contributed by atoms with Crippen LogP contribution < -0.4 is 9.80 Å². The Hall–Kier alpha value is -6.76. The van der Waals surface area contributed by atoms with E-state index in [1.54, 1.807) is 12.3 Å². The summed E-state index contributed by atoms with van der Waals surface area (Å²) in [6, 6.07) is 57.1. The number of benzene rings is 6. The van der Waals surface area contributed by atoms with Crippen molar-refractivity contribution in [3.8, 4) is 5.82 Å². The van der Waals surface area contributed by atoms with E-state index in [4.69, 9.17) is 4.98 Å².